The van der Waals surface area contributed by atoms with Crippen LogP contribution in [-0.2, 0) is 16.6 Å². The number of carbonyl (C=O) groups is 1. The van der Waals surface area contributed by atoms with Gasteiger partial charge in [0.1, 0.15) is 4.90 Å². The Morgan fingerprint density at radius 3 is 2.17 bits per heavy atom. The maximum atomic E-state index is 13.5. The van der Waals surface area contributed by atoms with Gasteiger partial charge in [-0.1, -0.05) is 83.9 Å². The van der Waals surface area contributed by atoms with E-state index in [2.05, 4.69) is 0 Å². The predicted octanol–water partition coefficient (Wildman–Crippen LogP) is 5.89. The van der Waals surface area contributed by atoms with E-state index in [0.717, 1.165) is 9.87 Å². The molecule has 0 aromatic heterocycles. The van der Waals surface area contributed by atoms with Crippen LogP contribution in [0.25, 0.3) is 0 Å². The number of anilines is 1. The SMILES string of the molecule is C[C@H](c1ccccc1)N1C(=O)N(Cc2ccccc2)c2cc(Cl)cc(Cl)c2S1(=O)=O. The maximum Gasteiger partial charge on any atom is 0.339 e. The Balaban J connectivity index is 1.90. The van der Waals surface area contributed by atoms with E-state index in [1.54, 1.807) is 31.2 Å². The molecule has 0 saturated heterocycles. The molecule has 4 rings (SSSR count). The van der Waals surface area contributed by atoms with Crippen molar-refractivity contribution in [1.82, 2.24) is 4.31 Å². The summed E-state index contributed by atoms with van der Waals surface area (Å²) in [6, 6.07) is 19.8. The van der Waals surface area contributed by atoms with Crippen LogP contribution in [0.4, 0.5) is 10.5 Å². The van der Waals surface area contributed by atoms with Crippen molar-refractivity contribution < 1.29 is 13.2 Å². The van der Waals surface area contributed by atoms with Crippen LogP contribution in [0.5, 0.6) is 0 Å². The van der Waals surface area contributed by atoms with Crippen LogP contribution in [0.15, 0.2) is 77.7 Å². The molecule has 0 saturated carbocycles. The van der Waals surface area contributed by atoms with Gasteiger partial charge in [-0.05, 0) is 30.2 Å². The van der Waals surface area contributed by atoms with Gasteiger partial charge in [-0.2, -0.15) is 0 Å². The third kappa shape index (κ3) is 3.55. The largest absolute Gasteiger partial charge is 0.339 e. The fourth-order valence-corrected chi connectivity index (χ4v) is 6.14. The van der Waals surface area contributed by atoms with Crippen molar-refractivity contribution in [3.8, 4) is 0 Å². The fraction of sp³-hybridized carbons (Fsp3) is 0.136. The van der Waals surface area contributed by atoms with E-state index < -0.39 is 22.1 Å². The molecule has 5 nitrogen and oxygen atoms in total. The number of fused-ring (bicyclic) bond motifs is 1. The van der Waals surface area contributed by atoms with E-state index in [9.17, 15) is 13.2 Å². The number of carbonyl (C=O) groups excluding carboxylic acids is 1. The molecule has 1 aliphatic rings. The molecule has 1 heterocycles. The Bertz CT molecular complexity index is 1200. The first-order valence-corrected chi connectivity index (χ1v) is 11.4. The molecule has 2 amide bonds. The molecule has 0 radical (unpaired) electrons. The minimum Gasteiger partial charge on any atom is -0.288 e. The summed E-state index contributed by atoms with van der Waals surface area (Å²) in [5.74, 6) is 0. The number of rotatable bonds is 4. The average molecular weight is 461 g/mol. The lowest BCUT2D eigenvalue weighted by atomic mass is 10.1. The summed E-state index contributed by atoms with van der Waals surface area (Å²) in [5.41, 5.74) is 1.72. The zero-order valence-corrected chi connectivity index (χ0v) is 18.3. The van der Waals surface area contributed by atoms with Crippen molar-refractivity contribution in [2.24, 2.45) is 0 Å². The molecule has 0 spiro atoms. The molecule has 1 aliphatic heterocycles. The number of benzene rings is 3. The van der Waals surface area contributed by atoms with Gasteiger partial charge in [-0.25, -0.2) is 17.5 Å². The Labute approximate surface area is 185 Å². The molecule has 0 aliphatic carbocycles. The number of halogens is 2. The number of nitrogens with zero attached hydrogens (tertiary/aromatic N) is 2. The molecular weight excluding hydrogens is 443 g/mol. The van der Waals surface area contributed by atoms with Crippen LogP contribution < -0.4 is 4.90 Å². The molecular formula is C22H18Cl2N2O3S. The summed E-state index contributed by atoms with van der Waals surface area (Å²) in [5, 5.41) is 0.234. The van der Waals surface area contributed by atoms with E-state index in [0.29, 0.717) is 5.56 Å². The van der Waals surface area contributed by atoms with Crippen molar-refractivity contribution in [1.29, 1.82) is 0 Å². The monoisotopic (exact) mass is 460 g/mol. The van der Waals surface area contributed by atoms with Crippen LogP contribution >= 0.6 is 23.2 Å². The van der Waals surface area contributed by atoms with Crippen molar-refractivity contribution in [3.63, 3.8) is 0 Å². The minimum atomic E-state index is -4.20. The molecule has 0 fully saturated rings. The van der Waals surface area contributed by atoms with Gasteiger partial charge >= 0.3 is 6.03 Å². The molecule has 8 heteroatoms. The Hall–Kier alpha value is -2.54. The van der Waals surface area contributed by atoms with Crippen LogP contribution in [0.2, 0.25) is 10.0 Å². The molecule has 0 unspecified atom stereocenters. The third-order valence-corrected chi connectivity index (χ3v) is 7.60. The molecule has 30 heavy (non-hydrogen) atoms. The van der Waals surface area contributed by atoms with Crippen LogP contribution in [0, 0.1) is 0 Å². The average Bonchev–Trinajstić information content (AvgIpc) is 2.71. The zero-order valence-electron chi connectivity index (χ0n) is 16.0. The minimum absolute atomic E-state index is 0.0201. The maximum absolute atomic E-state index is 13.5. The summed E-state index contributed by atoms with van der Waals surface area (Å²) in [4.78, 5) is 14.8. The second kappa shape index (κ2) is 7.95. The van der Waals surface area contributed by atoms with Gasteiger partial charge in [-0.3, -0.25) is 4.90 Å². The molecule has 1 atom stereocenters. The van der Waals surface area contributed by atoms with Crippen molar-refractivity contribution in [2.45, 2.75) is 24.4 Å². The second-order valence-electron chi connectivity index (χ2n) is 6.98. The van der Waals surface area contributed by atoms with Gasteiger partial charge in [0.15, 0.2) is 0 Å². The topological polar surface area (TPSA) is 57.7 Å². The smallest absolute Gasteiger partial charge is 0.288 e. The van der Waals surface area contributed by atoms with Gasteiger partial charge < -0.3 is 0 Å². The molecule has 3 aromatic rings. The van der Waals surface area contributed by atoms with Gasteiger partial charge in [0.2, 0.25) is 0 Å². The summed E-state index contributed by atoms with van der Waals surface area (Å²) in [6.07, 6.45) is 0. The zero-order chi connectivity index (χ0) is 21.5. The highest BCUT2D eigenvalue weighted by molar-refractivity contribution is 7.90. The van der Waals surface area contributed by atoms with Crippen LogP contribution in [0.1, 0.15) is 24.1 Å². The quantitative estimate of drug-likeness (QED) is 0.487. The number of hydrogen-bond donors (Lipinski definition) is 0. The Morgan fingerprint density at radius 2 is 1.53 bits per heavy atom. The van der Waals surface area contributed by atoms with Crippen molar-refractivity contribution in [3.05, 3.63) is 94.0 Å². The number of urea groups is 1. The summed E-state index contributed by atoms with van der Waals surface area (Å²) < 4.78 is 27.9. The lowest BCUT2D eigenvalue weighted by molar-refractivity contribution is 0.218. The van der Waals surface area contributed by atoms with Gasteiger partial charge in [0.05, 0.1) is 23.3 Å². The summed E-state index contributed by atoms with van der Waals surface area (Å²) in [7, 11) is -4.20. The van der Waals surface area contributed by atoms with E-state index >= 15 is 0 Å². The highest BCUT2D eigenvalue weighted by Gasteiger charge is 2.45. The van der Waals surface area contributed by atoms with E-state index in [1.165, 1.54) is 17.0 Å². The molecule has 3 aromatic carbocycles. The van der Waals surface area contributed by atoms with Crippen LogP contribution in [-0.4, -0.2) is 18.8 Å². The highest BCUT2D eigenvalue weighted by Crippen LogP contribution is 2.44. The van der Waals surface area contributed by atoms with Crippen LogP contribution in [0.3, 0.4) is 0 Å². The predicted molar refractivity (Wildman–Crippen MR) is 118 cm³/mol. The van der Waals surface area contributed by atoms with Gasteiger partial charge in [-0.15, -0.1) is 0 Å². The van der Waals surface area contributed by atoms with Crippen molar-refractivity contribution >= 4 is 44.9 Å². The summed E-state index contributed by atoms with van der Waals surface area (Å²) in [6.45, 7) is 1.86. The second-order valence-corrected chi connectivity index (χ2v) is 9.57. The molecule has 154 valence electrons. The molecule has 0 bridgehead atoms. The number of hydrogen-bond acceptors (Lipinski definition) is 3. The van der Waals surface area contributed by atoms with Crippen molar-refractivity contribution in [2.75, 3.05) is 4.90 Å². The summed E-state index contributed by atoms with van der Waals surface area (Å²) >= 11 is 12.5. The standard InChI is InChI=1S/C22H18Cl2N2O3S/c1-15(17-10-6-3-7-11-17)26-22(27)25(14-16-8-4-2-5-9-16)20-13-18(23)12-19(24)21(20)30(26,28)29/h2-13,15H,14H2,1H3/t15-/m1/s1. The first-order chi connectivity index (χ1) is 14.3. The lowest BCUT2D eigenvalue weighted by Crippen LogP contribution is -2.51. The Kier molecular flexibility index (Phi) is 5.49. The highest BCUT2D eigenvalue weighted by atomic mass is 35.5. The third-order valence-electron chi connectivity index (χ3n) is 5.03. The number of sulfonamides is 1. The molecule has 0 N–H and O–H groups in total. The van der Waals surface area contributed by atoms with E-state index in [-0.39, 0.29) is 27.2 Å². The Morgan fingerprint density at radius 1 is 0.933 bits per heavy atom. The first-order valence-electron chi connectivity index (χ1n) is 9.24. The fourth-order valence-electron chi connectivity index (χ4n) is 3.59. The van der Waals surface area contributed by atoms with E-state index in [1.807, 2.05) is 36.4 Å². The first kappa shape index (κ1) is 20.7. The van der Waals surface area contributed by atoms with E-state index in [4.69, 9.17) is 23.2 Å². The van der Waals surface area contributed by atoms with Gasteiger partial charge in [0, 0.05) is 5.02 Å². The number of amides is 2. The van der Waals surface area contributed by atoms with Gasteiger partial charge in [0.25, 0.3) is 10.0 Å². The lowest BCUT2D eigenvalue weighted by Gasteiger charge is -2.39. The normalized spacial score (nSPS) is 16.3.